The van der Waals surface area contributed by atoms with E-state index in [0.29, 0.717) is 5.92 Å². The van der Waals surface area contributed by atoms with Crippen molar-refractivity contribution in [3.05, 3.63) is 35.9 Å². The summed E-state index contributed by atoms with van der Waals surface area (Å²) in [6.07, 6.45) is 0.958. The number of carbonyl (C=O) groups is 2. The Morgan fingerprint density at radius 3 is 2.35 bits per heavy atom. The van der Waals surface area contributed by atoms with Gasteiger partial charge >= 0.3 is 11.8 Å². The molecule has 0 aromatic heterocycles. The van der Waals surface area contributed by atoms with Gasteiger partial charge < -0.3 is 0 Å². The molecule has 1 saturated carbocycles. The molecule has 0 radical (unpaired) electrons. The molecule has 2 N–H and O–H groups in total. The number of hydrogen-bond acceptors (Lipinski definition) is 3. The molecule has 5 heteroatoms. The van der Waals surface area contributed by atoms with Gasteiger partial charge in [-0.2, -0.15) is 0 Å². The summed E-state index contributed by atoms with van der Waals surface area (Å²) in [5.41, 5.74) is 1.25. The number of carbonyl (C=O) groups excluding carboxylic acids is 2. The fraction of sp³-hybridized carbons (Fsp3) is 0.250. The summed E-state index contributed by atoms with van der Waals surface area (Å²) in [6, 6.07) is 10.3. The standard InChI is InChI=1S/C12H11N3O2/c16-10-11(17)15-12(14-10)13-9-6-8(9)7-4-2-1-3-5-7/h1-5,8-9H,6H2,(H2,13,14,15,16,17). The van der Waals surface area contributed by atoms with Crippen molar-refractivity contribution >= 4 is 17.8 Å². The predicted molar refractivity (Wildman–Crippen MR) is 61.3 cm³/mol. The van der Waals surface area contributed by atoms with E-state index >= 15 is 0 Å². The third-order valence-corrected chi connectivity index (χ3v) is 2.95. The summed E-state index contributed by atoms with van der Waals surface area (Å²) >= 11 is 0. The minimum absolute atomic E-state index is 0.158. The van der Waals surface area contributed by atoms with E-state index in [2.05, 4.69) is 27.8 Å². The Labute approximate surface area is 97.9 Å². The van der Waals surface area contributed by atoms with E-state index in [9.17, 15) is 9.59 Å². The lowest BCUT2D eigenvalue weighted by Gasteiger charge is -1.98. The lowest BCUT2D eigenvalue weighted by Crippen LogP contribution is -2.26. The Kier molecular flexibility index (Phi) is 2.18. The van der Waals surface area contributed by atoms with Crippen molar-refractivity contribution in [1.82, 2.24) is 10.6 Å². The van der Waals surface area contributed by atoms with E-state index in [4.69, 9.17) is 0 Å². The van der Waals surface area contributed by atoms with Crippen molar-refractivity contribution in [2.45, 2.75) is 18.4 Å². The predicted octanol–water partition coefficient (Wildman–Crippen LogP) is 0.144. The average molecular weight is 229 g/mol. The number of nitrogens with zero attached hydrogens (tertiary/aromatic N) is 1. The molecule has 1 aliphatic carbocycles. The van der Waals surface area contributed by atoms with E-state index in [0.717, 1.165) is 6.42 Å². The zero-order valence-corrected chi connectivity index (χ0v) is 9.01. The van der Waals surface area contributed by atoms with Crippen LogP contribution >= 0.6 is 0 Å². The Hall–Kier alpha value is -2.17. The van der Waals surface area contributed by atoms with Gasteiger partial charge in [0.05, 0.1) is 6.04 Å². The normalized spacial score (nSPS) is 26.5. The Bertz CT molecular complexity index is 492. The first-order valence-electron chi connectivity index (χ1n) is 5.49. The summed E-state index contributed by atoms with van der Waals surface area (Å²) in [5.74, 6) is -0.595. The highest BCUT2D eigenvalue weighted by atomic mass is 16.2. The highest BCUT2D eigenvalue weighted by Gasteiger charge is 2.39. The first kappa shape index (κ1) is 10.0. The molecule has 0 spiro atoms. The van der Waals surface area contributed by atoms with Gasteiger partial charge in [-0.3, -0.25) is 20.2 Å². The van der Waals surface area contributed by atoms with Gasteiger partial charge in [-0.05, 0) is 12.0 Å². The molecule has 2 atom stereocenters. The van der Waals surface area contributed by atoms with Gasteiger partial charge in [0.15, 0.2) is 0 Å². The summed E-state index contributed by atoms with van der Waals surface area (Å²) < 4.78 is 0. The van der Waals surface area contributed by atoms with Crippen LogP contribution in [0.15, 0.2) is 35.3 Å². The van der Waals surface area contributed by atoms with Crippen LogP contribution in [0.3, 0.4) is 0 Å². The molecule has 1 aromatic carbocycles. The molecule has 2 aliphatic rings. The Balaban J connectivity index is 1.69. The number of nitrogens with one attached hydrogen (secondary N) is 2. The van der Waals surface area contributed by atoms with Crippen LogP contribution in [0.25, 0.3) is 0 Å². The number of aliphatic imine (C=N–C) groups is 1. The van der Waals surface area contributed by atoms with E-state index in [1.54, 1.807) is 0 Å². The van der Waals surface area contributed by atoms with E-state index in [1.165, 1.54) is 5.56 Å². The largest absolute Gasteiger partial charge is 0.316 e. The van der Waals surface area contributed by atoms with Crippen molar-refractivity contribution in [3.8, 4) is 0 Å². The molecular formula is C12H11N3O2. The van der Waals surface area contributed by atoms with Gasteiger partial charge in [0, 0.05) is 5.92 Å². The molecule has 17 heavy (non-hydrogen) atoms. The third-order valence-electron chi connectivity index (χ3n) is 2.95. The highest BCUT2D eigenvalue weighted by Crippen LogP contribution is 2.43. The molecule has 5 nitrogen and oxygen atoms in total. The molecule has 1 heterocycles. The maximum Gasteiger partial charge on any atom is 0.316 e. The van der Waals surface area contributed by atoms with Gasteiger partial charge in [-0.15, -0.1) is 0 Å². The number of amides is 2. The zero-order valence-electron chi connectivity index (χ0n) is 9.01. The van der Waals surface area contributed by atoms with Gasteiger partial charge in [0.2, 0.25) is 5.96 Å². The second-order valence-electron chi connectivity index (χ2n) is 4.21. The molecule has 86 valence electrons. The van der Waals surface area contributed by atoms with Crippen molar-refractivity contribution in [3.63, 3.8) is 0 Å². The molecule has 0 bridgehead atoms. The van der Waals surface area contributed by atoms with Crippen LogP contribution in [0.1, 0.15) is 17.9 Å². The fourth-order valence-corrected chi connectivity index (χ4v) is 1.97. The highest BCUT2D eigenvalue weighted by molar-refractivity contribution is 6.45. The summed E-state index contributed by atoms with van der Waals surface area (Å²) in [7, 11) is 0. The molecule has 2 unspecified atom stereocenters. The van der Waals surface area contributed by atoms with E-state index in [-0.39, 0.29) is 12.0 Å². The number of rotatable bonds is 2. The van der Waals surface area contributed by atoms with Crippen LogP contribution in [-0.4, -0.2) is 23.8 Å². The lowest BCUT2D eigenvalue weighted by atomic mass is 10.1. The quantitative estimate of drug-likeness (QED) is 0.708. The monoisotopic (exact) mass is 229 g/mol. The lowest BCUT2D eigenvalue weighted by molar-refractivity contribution is -0.135. The first-order valence-corrected chi connectivity index (χ1v) is 5.49. The van der Waals surface area contributed by atoms with Crippen LogP contribution < -0.4 is 10.6 Å². The molecule has 1 saturated heterocycles. The molecule has 3 rings (SSSR count). The van der Waals surface area contributed by atoms with Gasteiger partial charge in [0.1, 0.15) is 0 Å². The average Bonchev–Trinajstić information content (AvgIpc) is 3.01. The molecular weight excluding hydrogens is 218 g/mol. The first-order chi connectivity index (χ1) is 8.24. The summed E-state index contributed by atoms with van der Waals surface area (Å²) in [5, 5.41) is 4.79. The third kappa shape index (κ3) is 1.91. The van der Waals surface area contributed by atoms with E-state index < -0.39 is 11.8 Å². The van der Waals surface area contributed by atoms with Crippen molar-refractivity contribution < 1.29 is 9.59 Å². The zero-order chi connectivity index (χ0) is 11.8. The topological polar surface area (TPSA) is 70.6 Å². The molecule has 1 aromatic rings. The van der Waals surface area contributed by atoms with Crippen molar-refractivity contribution in [1.29, 1.82) is 0 Å². The van der Waals surface area contributed by atoms with Crippen molar-refractivity contribution in [2.75, 3.05) is 0 Å². The van der Waals surface area contributed by atoms with Crippen LogP contribution in [0, 0.1) is 0 Å². The maximum atomic E-state index is 10.9. The van der Waals surface area contributed by atoms with Gasteiger partial charge in [-0.25, -0.2) is 4.99 Å². The minimum Gasteiger partial charge on any atom is -0.288 e. The molecule has 2 amide bonds. The molecule has 1 aliphatic heterocycles. The fourth-order valence-electron chi connectivity index (χ4n) is 1.97. The van der Waals surface area contributed by atoms with E-state index in [1.807, 2.05) is 18.2 Å². The van der Waals surface area contributed by atoms with Crippen LogP contribution in [0.2, 0.25) is 0 Å². The Morgan fingerprint density at radius 2 is 1.71 bits per heavy atom. The molecule has 2 fully saturated rings. The van der Waals surface area contributed by atoms with Crippen LogP contribution in [0.4, 0.5) is 0 Å². The number of guanidine groups is 1. The Morgan fingerprint density at radius 1 is 1.06 bits per heavy atom. The maximum absolute atomic E-state index is 10.9. The number of hydrogen-bond donors (Lipinski definition) is 2. The smallest absolute Gasteiger partial charge is 0.288 e. The van der Waals surface area contributed by atoms with Crippen LogP contribution in [0.5, 0.6) is 0 Å². The minimum atomic E-state index is -0.638. The second kappa shape index (κ2) is 3.69. The number of benzene rings is 1. The van der Waals surface area contributed by atoms with Crippen molar-refractivity contribution in [2.24, 2.45) is 4.99 Å². The SMILES string of the molecule is O=C1NC(=NC2CC2c2ccccc2)NC1=O. The summed E-state index contributed by atoms with van der Waals surface area (Å²) in [6.45, 7) is 0. The van der Waals surface area contributed by atoms with Crippen LogP contribution in [-0.2, 0) is 9.59 Å². The summed E-state index contributed by atoms with van der Waals surface area (Å²) in [4.78, 5) is 26.2. The second-order valence-corrected chi connectivity index (χ2v) is 4.21. The van der Waals surface area contributed by atoms with Gasteiger partial charge in [0.25, 0.3) is 0 Å². The van der Waals surface area contributed by atoms with Gasteiger partial charge in [-0.1, -0.05) is 30.3 Å².